The Morgan fingerprint density at radius 2 is 1.03 bits per heavy atom. The van der Waals surface area contributed by atoms with Gasteiger partial charge in [-0.05, 0) is 49.9 Å². The van der Waals surface area contributed by atoms with Crippen molar-refractivity contribution in [3.8, 4) is 0 Å². The van der Waals surface area contributed by atoms with Gasteiger partial charge in [0.25, 0.3) is 0 Å². The Bertz CT molecular complexity index is 498. The lowest BCUT2D eigenvalue weighted by molar-refractivity contribution is -0.158. The summed E-state index contributed by atoms with van der Waals surface area (Å²) >= 11 is 0. The third-order valence-electron chi connectivity index (χ3n) is 4.98. The van der Waals surface area contributed by atoms with Crippen LogP contribution in [0.1, 0.15) is 87.0 Å². The van der Waals surface area contributed by atoms with Crippen molar-refractivity contribution in [1.29, 1.82) is 0 Å². The highest BCUT2D eigenvalue weighted by Crippen LogP contribution is 2.23. The van der Waals surface area contributed by atoms with E-state index in [2.05, 4.69) is 41.5 Å². The van der Waals surface area contributed by atoms with Crippen LogP contribution in [0.25, 0.3) is 0 Å². The zero-order chi connectivity index (χ0) is 23.1. The van der Waals surface area contributed by atoms with Gasteiger partial charge < -0.3 is 14.2 Å². The summed E-state index contributed by atoms with van der Waals surface area (Å²) in [6.45, 7) is 15.3. The smallest absolute Gasteiger partial charge is 0.309 e. The maximum absolute atomic E-state index is 12.6. The molecule has 0 rings (SSSR count). The first kappa shape index (κ1) is 28.4. The van der Waals surface area contributed by atoms with Gasteiger partial charge in [0.15, 0.2) is 0 Å². The van der Waals surface area contributed by atoms with Crippen molar-refractivity contribution >= 4 is 17.9 Å². The Labute approximate surface area is 183 Å². The summed E-state index contributed by atoms with van der Waals surface area (Å²) in [5.74, 6) is -1.03. The fraction of sp³-hybridized carbons (Fsp3) is 0.875. The predicted octanol–water partition coefficient (Wildman–Crippen LogP) is 5.18. The summed E-state index contributed by atoms with van der Waals surface area (Å²) in [5.41, 5.74) is 0. The Morgan fingerprint density at radius 1 is 0.633 bits per heavy atom. The average molecular weight is 429 g/mol. The molecule has 30 heavy (non-hydrogen) atoms. The molecule has 6 nitrogen and oxygen atoms in total. The normalized spacial score (nSPS) is 13.4. The van der Waals surface area contributed by atoms with Crippen LogP contribution < -0.4 is 0 Å². The molecule has 0 N–H and O–H groups in total. The number of carbonyl (C=O) groups excluding carboxylic acids is 3. The third kappa shape index (κ3) is 14.4. The van der Waals surface area contributed by atoms with E-state index in [-0.39, 0.29) is 18.8 Å². The van der Waals surface area contributed by atoms with Crippen LogP contribution in [0.15, 0.2) is 0 Å². The zero-order valence-corrected chi connectivity index (χ0v) is 20.2. The van der Waals surface area contributed by atoms with E-state index >= 15 is 0 Å². The summed E-state index contributed by atoms with van der Waals surface area (Å²) in [6, 6.07) is 0. The predicted molar refractivity (Wildman–Crippen MR) is 118 cm³/mol. The van der Waals surface area contributed by atoms with Crippen LogP contribution in [0.5, 0.6) is 0 Å². The molecule has 0 aliphatic carbocycles. The molecule has 0 aliphatic heterocycles. The van der Waals surface area contributed by atoms with Crippen molar-refractivity contribution in [3.63, 3.8) is 0 Å². The van der Waals surface area contributed by atoms with Gasteiger partial charge in [0.1, 0.15) is 0 Å². The summed E-state index contributed by atoms with van der Waals surface area (Å²) in [6.07, 6.45) is 3.02. The molecule has 0 radical (unpaired) electrons. The number of ether oxygens (including phenoxy) is 3. The molecule has 176 valence electrons. The maximum Gasteiger partial charge on any atom is 0.309 e. The van der Waals surface area contributed by atoms with Gasteiger partial charge in [0.05, 0.1) is 38.1 Å². The average Bonchev–Trinajstić information content (AvgIpc) is 2.63. The molecule has 0 amide bonds. The molecule has 6 heteroatoms. The number of carbonyl (C=O) groups is 3. The van der Waals surface area contributed by atoms with E-state index in [4.69, 9.17) is 14.2 Å². The fourth-order valence-electron chi connectivity index (χ4n) is 2.73. The second-order valence-electron chi connectivity index (χ2n) is 9.34. The molecule has 0 fully saturated rings. The fourth-order valence-corrected chi connectivity index (χ4v) is 2.73. The van der Waals surface area contributed by atoms with Crippen LogP contribution in [-0.4, -0.2) is 37.7 Å². The third-order valence-corrected chi connectivity index (χ3v) is 4.98. The van der Waals surface area contributed by atoms with Crippen LogP contribution in [0, 0.1) is 29.6 Å². The van der Waals surface area contributed by atoms with Crippen molar-refractivity contribution in [1.82, 2.24) is 0 Å². The largest absolute Gasteiger partial charge is 0.466 e. The maximum atomic E-state index is 12.6. The van der Waals surface area contributed by atoms with E-state index in [1.807, 2.05) is 6.92 Å². The van der Waals surface area contributed by atoms with E-state index in [0.29, 0.717) is 44.0 Å². The molecule has 2 atom stereocenters. The Hall–Kier alpha value is -1.59. The van der Waals surface area contributed by atoms with Crippen molar-refractivity contribution < 1.29 is 28.6 Å². The minimum Gasteiger partial charge on any atom is -0.466 e. The van der Waals surface area contributed by atoms with Gasteiger partial charge in [-0.2, -0.15) is 0 Å². The van der Waals surface area contributed by atoms with Crippen molar-refractivity contribution in [3.05, 3.63) is 0 Å². The molecule has 0 saturated carbocycles. The van der Waals surface area contributed by atoms with Crippen molar-refractivity contribution in [2.75, 3.05) is 19.8 Å². The first-order chi connectivity index (χ1) is 14.1. The SMILES string of the molecule is CCC(CC(CC(=O)OCCC(C)C)C(=O)OCCC(C)C)C(=O)OCCC(C)C. The van der Waals surface area contributed by atoms with Gasteiger partial charge in [-0.3, -0.25) is 14.4 Å². The highest BCUT2D eigenvalue weighted by atomic mass is 16.5. The standard InChI is InChI=1S/C24H44O6/c1-8-20(23(26)29-13-10-18(4)5)15-21(24(27)30-14-11-19(6)7)16-22(25)28-12-9-17(2)3/h17-21H,8-16H2,1-7H3. The molecular weight excluding hydrogens is 384 g/mol. The lowest BCUT2D eigenvalue weighted by Crippen LogP contribution is -2.28. The summed E-state index contributed by atoms with van der Waals surface area (Å²) < 4.78 is 16.1. The monoisotopic (exact) mass is 428 g/mol. The van der Waals surface area contributed by atoms with Crippen LogP contribution in [-0.2, 0) is 28.6 Å². The van der Waals surface area contributed by atoms with Crippen molar-refractivity contribution in [2.24, 2.45) is 29.6 Å². The van der Waals surface area contributed by atoms with E-state index in [0.717, 1.165) is 19.3 Å². The van der Waals surface area contributed by atoms with Gasteiger partial charge in [-0.1, -0.05) is 48.5 Å². The number of esters is 3. The van der Waals surface area contributed by atoms with Gasteiger partial charge >= 0.3 is 17.9 Å². The van der Waals surface area contributed by atoms with E-state index in [1.54, 1.807) is 0 Å². The molecule has 0 aromatic heterocycles. The molecule has 0 spiro atoms. The summed E-state index contributed by atoms with van der Waals surface area (Å²) in [4.78, 5) is 37.4. The molecule has 0 aliphatic rings. The quantitative estimate of drug-likeness (QED) is 0.249. The highest BCUT2D eigenvalue weighted by molar-refractivity contribution is 5.81. The topological polar surface area (TPSA) is 78.9 Å². The van der Waals surface area contributed by atoms with Crippen molar-refractivity contribution in [2.45, 2.75) is 87.0 Å². The molecule has 0 bridgehead atoms. The molecular formula is C24H44O6. The molecule has 0 aromatic carbocycles. The van der Waals surface area contributed by atoms with Gasteiger partial charge in [-0.25, -0.2) is 0 Å². The highest BCUT2D eigenvalue weighted by Gasteiger charge is 2.31. The first-order valence-electron chi connectivity index (χ1n) is 11.6. The Kier molecular flexibility index (Phi) is 15.3. The van der Waals surface area contributed by atoms with Gasteiger partial charge in [-0.15, -0.1) is 0 Å². The minimum absolute atomic E-state index is 0.0750. The minimum atomic E-state index is -0.702. The molecule has 0 aromatic rings. The van der Waals surface area contributed by atoms with E-state index < -0.39 is 23.8 Å². The number of hydrogen-bond acceptors (Lipinski definition) is 6. The summed E-state index contributed by atoms with van der Waals surface area (Å²) in [5, 5.41) is 0. The second-order valence-corrected chi connectivity index (χ2v) is 9.34. The zero-order valence-electron chi connectivity index (χ0n) is 20.2. The second kappa shape index (κ2) is 16.1. The van der Waals surface area contributed by atoms with E-state index in [1.165, 1.54) is 0 Å². The Balaban J connectivity index is 4.94. The number of rotatable bonds is 16. The first-order valence-corrected chi connectivity index (χ1v) is 11.6. The lowest BCUT2D eigenvalue weighted by atomic mass is 9.90. The summed E-state index contributed by atoms with van der Waals surface area (Å²) in [7, 11) is 0. The van der Waals surface area contributed by atoms with Gasteiger partial charge in [0, 0.05) is 0 Å². The Morgan fingerprint density at radius 3 is 1.43 bits per heavy atom. The van der Waals surface area contributed by atoms with Crippen LogP contribution in [0.4, 0.5) is 0 Å². The van der Waals surface area contributed by atoms with Crippen LogP contribution in [0.3, 0.4) is 0 Å². The van der Waals surface area contributed by atoms with E-state index in [9.17, 15) is 14.4 Å². The molecule has 2 unspecified atom stereocenters. The van der Waals surface area contributed by atoms with Crippen LogP contribution >= 0.6 is 0 Å². The lowest BCUT2D eigenvalue weighted by Gasteiger charge is -2.21. The van der Waals surface area contributed by atoms with Crippen LogP contribution in [0.2, 0.25) is 0 Å². The molecule has 0 heterocycles. The number of hydrogen-bond donors (Lipinski definition) is 0. The van der Waals surface area contributed by atoms with Gasteiger partial charge in [0.2, 0.25) is 0 Å². The molecule has 0 saturated heterocycles.